The van der Waals surface area contributed by atoms with E-state index in [4.69, 9.17) is 26.2 Å². The van der Waals surface area contributed by atoms with Crippen molar-refractivity contribution in [1.29, 1.82) is 0 Å². The number of carbonyl (C=O) groups is 1. The van der Waals surface area contributed by atoms with Gasteiger partial charge in [0.2, 0.25) is 0 Å². The summed E-state index contributed by atoms with van der Waals surface area (Å²) in [7, 11) is 0. The quantitative estimate of drug-likeness (QED) is 0.671. The lowest BCUT2D eigenvalue weighted by Crippen LogP contribution is -2.30. The van der Waals surface area contributed by atoms with Gasteiger partial charge in [-0.3, -0.25) is 4.79 Å². The Morgan fingerprint density at radius 1 is 1.26 bits per heavy atom. The molecule has 0 atom stereocenters. The van der Waals surface area contributed by atoms with Gasteiger partial charge >= 0.3 is 0 Å². The molecule has 0 aliphatic heterocycles. The highest BCUT2D eigenvalue weighted by Gasteiger charge is 2.02. The zero-order valence-electron chi connectivity index (χ0n) is 10.6. The maximum absolute atomic E-state index is 11.4. The zero-order valence-corrected chi connectivity index (χ0v) is 11.4. The number of rotatable bonds is 9. The number of carbonyl (C=O) groups excluding carboxylic acids is 1. The van der Waals surface area contributed by atoms with Crippen molar-refractivity contribution in [3.63, 3.8) is 0 Å². The number of hydrogen-bond acceptors (Lipinski definition) is 4. The monoisotopic (exact) mass is 287 g/mol. The Hall–Kier alpha value is -1.30. The van der Waals surface area contributed by atoms with Gasteiger partial charge in [0.05, 0.1) is 13.2 Å². The van der Waals surface area contributed by atoms with E-state index in [1.165, 1.54) is 0 Å². The lowest BCUT2D eigenvalue weighted by Gasteiger charge is -2.07. The van der Waals surface area contributed by atoms with Crippen molar-refractivity contribution in [2.24, 2.45) is 0 Å². The number of hydrogen-bond donors (Lipinski definition) is 2. The van der Waals surface area contributed by atoms with E-state index in [1.54, 1.807) is 24.3 Å². The molecule has 0 saturated heterocycles. The Morgan fingerprint density at radius 3 is 2.68 bits per heavy atom. The molecule has 0 bridgehead atoms. The zero-order chi connectivity index (χ0) is 13.9. The van der Waals surface area contributed by atoms with Gasteiger partial charge in [-0.2, -0.15) is 0 Å². The van der Waals surface area contributed by atoms with Crippen molar-refractivity contribution in [2.75, 3.05) is 33.0 Å². The van der Waals surface area contributed by atoms with Crippen LogP contribution in [0.4, 0.5) is 0 Å². The molecule has 1 aromatic rings. The Bertz CT molecular complexity index is 369. The summed E-state index contributed by atoms with van der Waals surface area (Å²) in [5.41, 5.74) is 0. The highest BCUT2D eigenvalue weighted by Crippen LogP contribution is 2.15. The van der Waals surface area contributed by atoms with Crippen LogP contribution in [0, 0.1) is 0 Å². The first-order chi connectivity index (χ1) is 9.22. The van der Waals surface area contributed by atoms with Crippen LogP contribution in [0.3, 0.4) is 0 Å². The van der Waals surface area contributed by atoms with Gasteiger partial charge in [0.1, 0.15) is 5.75 Å². The third-order valence-electron chi connectivity index (χ3n) is 2.21. The van der Waals surface area contributed by atoms with Crippen LogP contribution in [0.1, 0.15) is 6.42 Å². The van der Waals surface area contributed by atoms with Crippen LogP contribution in [-0.2, 0) is 9.53 Å². The van der Waals surface area contributed by atoms with Gasteiger partial charge in [0.15, 0.2) is 6.61 Å². The third kappa shape index (κ3) is 7.66. The van der Waals surface area contributed by atoms with Crippen LogP contribution in [0.2, 0.25) is 5.02 Å². The maximum atomic E-state index is 11.4. The normalized spacial score (nSPS) is 10.2. The molecule has 0 spiro atoms. The minimum Gasteiger partial charge on any atom is -0.484 e. The van der Waals surface area contributed by atoms with Gasteiger partial charge in [-0.25, -0.2) is 0 Å². The van der Waals surface area contributed by atoms with Crippen molar-refractivity contribution in [3.05, 3.63) is 29.3 Å². The summed E-state index contributed by atoms with van der Waals surface area (Å²) in [6.07, 6.45) is 0.701. The Balaban J connectivity index is 2.06. The Morgan fingerprint density at radius 2 is 2.00 bits per heavy atom. The standard InChI is InChI=1S/C13H18ClNO4/c14-11-2-4-12(5-3-11)19-10-13(17)15-6-1-8-18-9-7-16/h2-5,16H,1,6-10H2,(H,15,17). The minimum atomic E-state index is -0.183. The molecule has 0 unspecified atom stereocenters. The molecule has 0 saturated carbocycles. The van der Waals surface area contributed by atoms with Crippen molar-refractivity contribution in [1.82, 2.24) is 5.32 Å². The second-order valence-electron chi connectivity index (χ2n) is 3.78. The van der Waals surface area contributed by atoms with Gasteiger partial charge in [0.25, 0.3) is 5.91 Å². The fraction of sp³-hybridized carbons (Fsp3) is 0.462. The maximum Gasteiger partial charge on any atom is 0.257 e. The highest BCUT2D eigenvalue weighted by atomic mass is 35.5. The van der Waals surface area contributed by atoms with E-state index < -0.39 is 0 Å². The summed E-state index contributed by atoms with van der Waals surface area (Å²) in [6, 6.07) is 6.82. The average molecular weight is 288 g/mol. The number of halogens is 1. The van der Waals surface area contributed by atoms with E-state index in [0.29, 0.717) is 37.0 Å². The van der Waals surface area contributed by atoms with Gasteiger partial charge in [-0.15, -0.1) is 0 Å². The van der Waals surface area contributed by atoms with E-state index in [0.717, 1.165) is 0 Å². The van der Waals surface area contributed by atoms with Crippen LogP contribution in [0.25, 0.3) is 0 Å². The smallest absolute Gasteiger partial charge is 0.257 e. The summed E-state index contributed by atoms with van der Waals surface area (Å²) < 4.78 is 10.3. The van der Waals surface area contributed by atoms with Crippen molar-refractivity contribution >= 4 is 17.5 Å². The Labute approximate surface area is 117 Å². The average Bonchev–Trinajstić information content (AvgIpc) is 2.42. The second-order valence-corrected chi connectivity index (χ2v) is 4.22. The first-order valence-corrected chi connectivity index (χ1v) is 6.44. The van der Waals surface area contributed by atoms with Crippen molar-refractivity contribution < 1.29 is 19.4 Å². The molecular formula is C13H18ClNO4. The number of aliphatic hydroxyl groups excluding tert-OH is 1. The molecule has 0 aliphatic rings. The van der Waals surface area contributed by atoms with Crippen LogP contribution < -0.4 is 10.1 Å². The molecule has 0 aromatic heterocycles. The Kier molecular flexibility index (Phi) is 7.97. The van der Waals surface area contributed by atoms with Gasteiger partial charge < -0.3 is 19.9 Å². The topological polar surface area (TPSA) is 67.8 Å². The fourth-order valence-electron chi connectivity index (χ4n) is 1.30. The fourth-order valence-corrected chi connectivity index (χ4v) is 1.43. The molecule has 5 nitrogen and oxygen atoms in total. The molecule has 19 heavy (non-hydrogen) atoms. The van der Waals surface area contributed by atoms with Crippen LogP contribution >= 0.6 is 11.6 Å². The predicted octanol–water partition coefficient (Wildman–Crippen LogP) is 1.23. The van der Waals surface area contributed by atoms with E-state index in [9.17, 15) is 4.79 Å². The van der Waals surface area contributed by atoms with Gasteiger partial charge in [-0.1, -0.05) is 11.6 Å². The second kappa shape index (κ2) is 9.61. The molecule has 106 valence electrons. The number of benzene rings is 1. The van der Waals surface area contributed by atoms with Gasteiger partial charge in [-0.05, 0) is 30.7 Å². The van der Waals surface area contributed by atoms with Crippen LogP contribution in [0.15, 0.2) is 24.3 Å². The summed E-state index contributed by atoms with van der Waals surface area (Å²) in [5, 5.41) is 11.8. The predicted molar refractivity (Wildman–Crippen MR) is 72.5 cm³/mol. The van der Waals surface area contributed by atoms with E-state index in [1.807, 2.05) is 0 Å². The van der Waals surface area contributed by atoms with E-state index in [2.05, 4.69) is 5.32 Å². The number of nitrogens with one attached hydrogen (secondary N) is 1. The summed E-state index contributed by atoms with van der Waals surface area (Å²) in [6.45, 7) is 1.35. The largest absolute Gasteiger partial charge is 0.484 e. The molecule has 0 aliphatic carbocycles. The summed E-state index contributed by atoms with van der Waals surface area (Å²) in [4.78, 5) is 11.4. The molecule has 1 rings (SSSR count). The first kappa shape index (κ1) is 15.8. The molecule has 0 heterocycles. The number of amides is 1. The minimum absolute atomic E-state index is 0.0152. The third-order valence-corrected chi connectivity index (χ3v) is 2.46. The first-order valence-electron chi connectivity index (χ1n) is 6.06. The molecule has 2 N–H and O–H groups in total. The highest BCUT2D eigenvalue weighted by molar-refractivity contribution is 6.30. The number of ether oxygens (including phenoxy) is 2. The SMILES string of the molecule is O=C(COc1ccc(Cl)cc1)NCCCOCCO. The molecule has 1 amide bonds. The molecule has 1 aromatic carbocycles. The molecular weight excluding hydrogens is 270 g/mol. The lowest BCUT2D eigenvalue weighted by molar-refractivity contribution is -0.123. The molecule has 6 heteroatoms. The van der Waals surface area contributed by atoms with Crippen molar-refractivity contribution in [2.45, 2.75) is 6.42 Å². The number of aliphatic hydroxyl groups is 1. The molecule has 0 fully saturated rings. The lowest BCUT2D eigenvalue weighted by atomic mass is 10.3. The summed E-state index contributed by atoms with van der Waals surface area (Å²) in [5.74, 6) is 0.419. The van der Waals surface area contributed by atoms with Crippen molar-refractivity contribution in [3.8, 4) is 5.75 Å². The van der Waals surface area contributed by atoms with Crippen LogP contribution in [-0.4, -0.2) is 44.0 Å². The van der Waals surface area contributed by atoms with Crippen LogP contribution in [0.5, 0.6) is 5.75 Å². The van der Waals surface area contributed by atoms with E-state index in [-0.39, 0.29) is 19.1 Å². The van der Waals surface area contributed by atoms with Gasteiger partial charge in [0, 0.05) is 18.2 Å². The molecule has 0 radical (unpaired) electrons. The summed E-state index contributed by atoms with van der Waals surface area (Å²) >= 11 is 5.73. The van der Waals surface area contributed by atoms with E-state index >= 15 is 0 Å².